The van der Waals surface area contributed by atoms with Crippen molar-refractivity contribution in [2.75, 3.05) is 0 Å². The number of carbonyl (C=O) groups excluding carboxylic acids is 1. The van der Waals surface area contributed by atoms with Gasteiger partial charge in [-0.2, -0.15) is 0 Å². The Kier molecular flexibility index (Phi) is 3.48. The molecule has 2 aromatic carbocycles. The van der Waals surface area contributed by atoms with Crippen molar-refractivity contribution in [1.82, 2.24) is 9.97 Å². The average Bonchev–Trinajstić information content (AvgIpc) is 2.53. The molecule has 0 atom stereocenters. The van der Waals surface area contributed by atoms with Crippen LogP contribution in [0.2, 0.25) is 0 Å². The predicted octanol–water partition coefficient (Wildman–Crippen LogP) is 3.98. The van der Waals surface area contributed by atoms with Crippen molar-refractivity contribution in [2.45, 2.75) is 19.8 Å². The molecule has 3 heteroatoms. The lowest BCUT2D eigenvalue weighted by molar-refractivity contribution is 0.104. The van der Waals surface area contributed by atoms with E-state index < -0.39 is 0 Å². The van der Waals surface area contributed by atoms with Crippen LogP contribution in [0.25, 0.3) is 11.0 Å². The molecule has 1 aromatic heterocycles. The monoisotopic (exact) mass is 276 g/mol. The lowest BCUT2D eigenvalue weighted by atomic mass is 9.97. The van der Waals surface area contributed by atoms with Gasteiger partial charge in [0.2, 0.25) is 0 Å². The van der Waals surface area contributed by atoms with Crippen molar-refractivity contribution >= 4 is 16.8 Å². The molecule has 104 valence electrons. The van der Waals surface area contributed by atoms with Gasteiger partial charge in [-0.05, 0) is 23.6 Å². The van der Waals surface area contributed by atoms with E-state index in [-0.39, 0.29) is 5.78 Å². The van der Waals surface area contributed by atoms with E-state index >= 15 is 0 Å². The highest BCUT2D eigenvalue weighted by Gasteiger charge is 2.13. The number of fused-ring (bicyclic) bond motifs is 1. The van der Waals surface area contributed by atoms with Crippen molar-refractivity contribution in [1.29, 1.82) is 0 Å². The third-order valence-electron chi connectivity index (χ3n) is 3.58. The molecule has 0 unspecified atom stereocenters. The first kappa shape index (κ1) is 13.4. The van der Waals surface area contributed by atoms with E-state index in [4.69, 9.17) is 0 Å². The van der Waals surface area contributed by atoms with Gasteiger partial charge in [-0.1, -0.05) is 44.2 Å². The standard InChI is InChI=1S/C18H16N2O/c1-12(2)13-6-8-14(9-7-13)18(21)15-4-3-5-16-17(15)20-11-10-19-16/h3-12H,1-2H3. The number of rotatable bonds is 3. The third kappa shape index (κ3) is 2.55. The maximum atomic E-state index is 12.7. The Labute approximate surface area is 123 Å². The Morgan fingerprint density at radius 1 is 0.952 bits per heavy atom. The van der Waals surface area contributed by atoms with E-state index in [1.807, 2.05) is 36.4 Å². The van der Waals surface area contributed by atoms with Crippen molar-refractivity contribution < 1.29 is 4.79 Å². The number of hydrogen-bond acceptors (Lipinski definition) is 3. The van der Waals surface area contributed by atoms with Crippen LogP contribution in [0.3, 0.4) is 0 Å². The molecule has 21 heavy (non-hydrogen) atoms. The number of para-hydroxylation sites is 1. The molecule has 0 spiro atoms. The van der Waals surface area contributed by atoms with Gasteiger partial charge >= 0.3 is 0 Å². The summed E-state index contributed by atoms with van der Waals surface area (Å²) >= 11 is 0. The minimum Gasteiger partial charge on any atom is -0.289 e. The highest BCUT2D eigenvalue weighted by atomic mass is 16.1. The molecule has 0 amide bonds. The van der Waals surface area contributed by atoms with Crippen LogP contribution in [0, 0.1) is 0 Å². The van der Waals surface area contributed by atoms with Crippen LogP contribution in [-0.2, 0) is 0 Å². The normalized spacial score (nSPS) is 11.0. The minimum absolute atomic E-state index is 0.0172. The average molecular weight is 276 g/mol. The summed E-state index contributed by atoms with van der Waals surface area (Å²) in [6.07, 6.45) is 3.25. The fraction of sp³-hybridized carbons (Fsp3) is 0.167. The van der Waals surface area contributed by atoms with Gasteiger partial charge in [0.25, 0.3) is 0 Å². The fourth-order valence-electron chi connectivity index (χ4n) is 2.35. The summed E-state index contributed by atoms with van der Waals surface area (Å²) in [6, 6.07) is 13.3. The molecule has 0 saturated carbocycles. The van der Waals surface area contributed by atoms with E-state index in [1.54, 1.807) is 18.5 Å². The van der Waals surface area contributed by atoms with E-state index in [2.05, 4.69) is 23.8 Å². The number of aromatic nitrogens is 2. The van der Waals surface area contributed by atoms with Crippen LogP contribution in [0.1, 0.15) is 41.3 Å². The molecule has 3 rings (SSSR count). The number of nitrogens with zero attached hydrogens (tertiary/aromatic N) is 2. The Morgan fingerprint density at radius 3 is 2.38 bits per heavy atom. The van der Waals surface area contributed by atoms with E-state index in [1.165, 1.54) is 5.56 Å². The summed E-state index contributed by atoms with van der Waals surface area (Å²) in [5, 5.41) is 0. The molecule has 3 nitrogen and oxygen atoms in total. The highest BCUT2D eigenvalue weighted by molar-refractivity contribution is 6.15. The summed E-state index contributed by atoms with van der Waals surface area (Å²) in [4.78, 5) is 21.2. The molecular weight excluding hydrogens is 260 g/mol. The third-order valence-corrected chi connectivity index (χ3v) is 3.58. The van der Waals surface area contributed by atoms with Crippen molar-refractivity contribution in [3.05, 3.63) is 71.5 Å². The SMILES string of the molecule is CC(C)c1ccc(C(=O)c2cccc3nccnc23)cc1. The van der Waals surface area contributed by atoms with Crippen LogP contribution in [0.5, 0.6) is 0 Å². The Hall–Kier alpha value is -2.55. The summed E-state index contributed by atoms with van der Waals surface area (Å²) in [5.74, 6) is 0.439. The molecule has 0 N–H and O–H groups in total. The summed E-state index contributed by atoms with van der Waals surface area (Å²) in [6.45, 7) is 4.27. The van der Waals surface area contributed by atoms with Crippen LogP contribution in [-0.4, -0.2) is 15.8 Å². The maximum absolute atomic E-state index is 12.7. The van der Waals surface area contributed by atoms with Crippen LogP contribution in [0.15, 0.2) is 54.9 Å². The Morgan fingerprint density at radius 2 is 1.67 bits per heavy atom. The fourth-order valence-corrected chi connectivity index (χ4v) is 2.35. The first-order valence-corrected chi connectivity index (χ1v) is 7.01. The van der Waals surface area contributed by atoms with Gasteiger partial charge in [0.1, 0.15) is 0 Å². The minimum atomic E-state index is -0.0172. The van der Waals surface area contributed by atoms with Gasteiger partial charge in [-0.3, -0.25) is 14.8 Å². The van der Waals surface area contributed by atoms with Gasteiger partial charge in [-0.15, -0.1) is 0 Å². The van der Waals surface area contributed by atoms with Gasteiger partial charge in [-0.25, -0.2) is 0 Å². The quantitative estimate of drug-likeness (QED) is 0.679. The second-order valence-electron chi connectivity index (χ2n) is 5.34. The summed E-state index contributed by atoms with van der Waals surface area (Å²) in [7, 11) is 0. The number of hydrogen-bond donors (Lipinski definition) is 0. The molecular formula is C18H16N2O. The maximum Gasteiger partial charge on any atom is 0.195 e. The molecule has 0 saturated heterocycles. The van der Waals surface area contributed by atoms with Crippen molar-refractivity contribution in [3.8, 4) is 0 Å². The Bertz CT molecular complexity index is 786. The van der Waals surface area contributed by atoms with Gasteiger partial charge in [0, 0.05) is 18.0 Å². The number of ketones is 1. The topological polar surface area (TPSA) is 42.9 Å². The summed E-state index contributed by atoms with van der Waals surface area (Å²) in [5.41, 5.74) is 3.89. The van der Waals surface area contributed by atoms with E-state index in [0.717, 1.165) is 5.52 Å². The molecule has 0 aliphatic carbocycles. The largest absolute Gasteiger partial charge is 0.289 e. The van der Waals surface area contributed by atoms with Crippen LogP contribution < -0.4 is 0 Å². The van der Waals surface area contributed by atoms with Gasteiger partial charge < -0.3 is 0 Å². The Balaban J connectivity index is 2.04. The number of carbonyl (C=O) groups is 1. The van der Waals surface area contributed by atoms with Crippen molar-refractivity contribution in [3.63, 3.8) is 0 Å². The highest BCUT2D eigenvalue weighted by Crippen LogP contribution is 2.20. The first-order valence-electron chi connectivity index (χ1n) is 7.01. The van der Waals surface area contributed by atoms with Gasteiger partial charge in [0.15, 0.2) is 5.78 Å². The van der Waals surface area contributed by atoms with Crippen LogP contribution in [0.4, 0.5) is 0 Å². The second kappa shape index (κ2) is 5.44. The molecule has 1 heterocycles. The molecule has 3 aromatic rings. The molecule has 0 aliphatic rings. The predicted molar refractivity (Wildman–Crippen MR) is 83.5 cm³/mol. The molecule has 0 radical (unpaired) electrons. The first-order chi connectivity index (χ1) is 10.2. The molecule has 0 fully saturated rings. The van der Waals surface area contributed by atoms with Crippen LogP contribution >= 0.6 is 0 Å². The van der Waals surface area contributed by atoms with E-state index in [0.29, 0.717) is 22.6 Å². The lowest BCUT2D eigenvalue weighted by Gasteiger charge is -2.07. The molecule has 0 aliphatic heterocycles. The van der Waals surface area contributed by atoms with E-state index in [9.17, 15) is 4.79 Å². The zero-order chi connectivity index (χ0) is 14.8. The number of benzene rings is 2. The second-order valence-corrected chi connectivity index (χ2v) is 5.34. The molecule has 0 bridgehead atoms. The zero-order valence-electron chi connectivity index (χ0n) is 12.1. The lowest BCUT2D eigenvalue weighted by Crippen LogP contribution is -2.03. The van der Waals surface area contributed by atoms with Gasteiger partial charge in [0.05, 0.1) is 16.6 Å². The summed E-state index contributed by atoms with van der Waals surface area (Å²) < 4.78 is 0. The smallest absolute Gasteiger partial charge is 0.195 e. The zero-order valence-corrected chi connectivity index (χ0v) is 12.1. The van der Waals surface area contributed by atoms with Crippen molar-refractivity contribution in [2.24, 2.45) is 0 Å².